The Hall–Kier alpha value is 1.16. The molecule has 0 unspecified atom stereocenters. The second-order valence-corrected chi connectivity index (χ2v) is 6.18. The highest BCUT2D eigenvalue weighted by molar-refractivity contribution is 6.57. The molecule has 0 aromatic carbocycles. The summed E-state index contributed by atoms with van der Waals surface area (Å²) in [5, 5.41) is 0. The molecule has 0 heterocycles. The molecule has 0 nitrogen and oxygen atoms in total. The first-order valence-electron chi connectivity index (χ1n) is 2.96. The van der Waals surface area contributed by atoms with Crippen molar-refractivity contribution in [3.05, 3.63) is 0 Å². The van der Waals surface area contributed by atoms with E-state index in [1.54, 1.807) is 0 Å². The molecular formula is C6H8Cl4. The summed E-state index contributed by atoms with van der Waals surface area (Å²) < 4.78 is -1.53. The van der Waals surface area contributed by atoms with Crippen LogP contribution in [0, 0.1) is 5.41 Å². The van der Waals surface area contributed by atoms with Crippen LogP contribution in [-0.4, -0.2) is 8.67 Å². The van der Waals surface area contributed by atoms with Crippen LogP contribution < -0.4 is 0 Å². The molecule has 0 aromatic rings. The van der Waals surface area contributed by atoms with Gasteiger partial charge in [-0.15, -0.1) is 46.4 Å². The maximum Gasteiger partial charge on any atom is 0.129 e. The van der Waals surface area contributed by atoms with Crippen molar-refractivity contribution in [2.24, 2.45) is 5.41 Å². The predicted octanol–water partition coefficient (Wildman–Crippen LogP) is 3.76. The summed E-state index contributed by atoms with van der Waals surface area (Å²) in [5.41, 5.74) is -0.424. The van der Waals surface area contributed by atoms with E-state index in [1.165, 1.54) is 0 Å². The molecule has 0 aliphatic heterocycles. The van der Waals surface area contributed by atoms with Crippen molar-refractivity contribution in [3.63, 3.8) is 0 Å². The van der Waals surface area contributed by atoms with Crippen molar-refractivity contribution in [3.8, 4) is 0 Å². The smallest absolute Gasteiger partial charge is 0.101 e. The Balaban J connectivity index is 2.85. The Labute approximate surface area is 80.8 Å². The molecule has 0 amide bonds. The quantitative estimate of drug-likeness (QED) is 0.547. The van der Waals surface area contributed by atoms with Crippen LogP contribution in [0.5, 0.6) is 0 Å². The molecule has 0 N–H and O–H groups in total. The van der Waals surface area contributed by atoms with Gasteiger partial charge < -0.3 is 0 Å². The minimum atomic E-state index is -0.767. The van der Waals surface area contributed by atoms with E-state index in [1.807, 2.05) is 13.8 Å². The van der Waals surface area contributed by atoms with Gasteiger partial charge in [-0.1, -0.05) is 13.8 Å². The molecule has 4 heteroatoms. The second kappa shape index (κ2) is 2.10. The first-order valence-corrected chi connectivity index (χ1v) is 4.47. The van der Waals surface area contributed by atoms with Gasteiger partial charge in [0.25, 0.3) is 0 Å². The lowest BCUT2D eigenvalue weighted by Gasteiger charge is -2.57. The van der Waals surface area contributed by atoms with Crippen molar-refractivity contribution in [1.29, 1.82) is 0 Å². The van der Waals surface area contributed by atoms with Crippen molar-refractivity contribution in [1.82, 2.24) is 0 Å². The lowest BCUT2D eigenvalue weighted by atomic mass is 9.70. The molecule has 60 valence electrons. The molecule has 0 aromatic heterocycles. The monoisotopic (exact) mass is 220 g/mol. The summed E-state index contributed by atoms with van der Waals surface area (Å²) in [6, 6.07) is 0. The Morgan fingerprint density at radius 3 is 1.20 bits per heavy atom. The fraction of sp³-hybridized carbons (Fsp3) is 1.00. The van der Waals surface area contributed by atoms with Crippen molar-refractivity contribution < 1.29 is 0 Å². The maximum atomic E-state index is 5.88. The van der Waals surface area contributed by atoms with E-state index in [4.69, 9.17) is 46.4 Å². The molecular weight excluding hydrogens is 214 g/mol. The van der Waals surface area contributed by atoms with Gasteiger partial charge in [-0.3, -0.25) is 0 Å². The molecule has 0 atom stereocenters. The van der Waals surface area contributed by atoms with E-state index in [2.05, 4.69) is 0 Å². The van der Waals surface area contributed by atoms with Crippen LogP contribution in [-0.2, 0) is 0 Å². The molecule has 0 radical (unpaired) electrons. The average molecular weight is 222 g/mol. The zero-order valence-corrected chi connectivity index (χ0v) is 8.74. The van der Waals surface area contributed by atoms with Gasteiger partial charge in [0.05, 0.1) is 0 Å². The van der Waals surface area contributed by atoms with E-state index < -0.39 is 14.1 Å². The highest BCUT2D eigenvalue weighted by Gasteiger charge is 2.67. The third kappa shape index (κ3) is 0.964. The first-order chi connectivity index (χ1) is 4.21. The van der Waals surface area contributed by atoms with E-state index in [0.717, 1.165) is 0 Å². The minimum absolute atomic E-state index is 0.424. The van der Waals surface area contributed by atoms with E-state index in [9.17, 15) is 0 Å². The van der Waals surface area contributed by atoms with Crippen molar-refractivity contribution >= 4 is 46.4 Å². The van der Waals surface area contributed by atoms with Crippen LogP contribution in [0.2, 0.25) is 0 Å². The fourth-order valence-electron chi connectivity index (χ4n) is 0.882. The third-order valence-electron chi connectivity index (χ3n) is 2.27. The standard InChI is InChI=1S/C6H8Cl4/c1-4(2)5(7,8)3-6(4,9)10/h3H2,1-2H3. The number of rotatable bonds is 0. The average Bonchev–Trinajstić information content (AvgIpc) is 1.61. The Morgan fingerprint density at radius 1 is 0.900 bits per heavy atom. The van der Waals surface area contributed by atoms with Crippen LogP contribution in [0.3, 0.4) is 0 Å². The van der Waals surface area contributed by atoms with Gasteiger partial charge in [-0.25, -0.2) is 0 Å². The molecule has 0 spiro atoms. The largest absolute Gasteiger partial charge is 0.129 e. The van der Waals surface area contributed by atoms with Gasteiger partial charge in [0.2, 0.25) is 0 Å². The molecule has 1 fully saturated rings. The Bertz CT molecular complexity index is 143. The Morgan fingerprint density at radius 2 is 1.20 bits per heavy atom. The number of hydrogen-bond donors (Lipinski definition) is 0. The minimum Gasteiger partial charge on any atom is -0.101 e. The third-order valence-corrected chi connectivity index (χ3v) is 4.70. The SMILES string of the molecule is CC1(C)C(Cl)(Cl)CC1(Cl)Cl. The summed E-state index contributed by atoms with van der Waals surface area (Å²) in [6.45, 7) is 3.72. The van der Waals surface area contributed by atoms with Gasteiger partial charge in [0.15, 0.2) is 0 Å². The number of halogens is 4. The van der Waals surface area contributed by atoms with Gasteiger partial charge in [0, 0.05) is 11.8 Å². The zero-order valence-electron chi connectivity index (χ0n) is 5.72. The van der Waals surface area contributed by atoms with Gasteiger partial charge >= 0.3 is 0 Å². The van der Waals surface area contributed by atoms with Crippen molar-refractivity contribution in [2.45, 2.75) is 28.9 Å². The van der Waals surface area contributed by atoms with E-state index in [-0.39, 0.29) is 0 Å². The van der Waals surface area contributed by atoms with E-state index >= 15 is 0 Å². The Kier molecular flexibility index (Phi) is 1.94. The number of hydrogen-bond acceptors (Lipinski definition) is 0. The highest BCUT2D eigenvalue weighted by atomic mass is 35.5. The predicted molar refractivity (Wildman–Crippen MR) is 47.3 cm³/mol. The molecule has 1 saturated carbocycles. The highest BCUT2D eigenvalue weighted by Crippen LogP contribution is 2.67. The van der Waals surface area contributed by atoms with Crippen LogP contribution in [0.25, 0.3) is 0 Å². The zero-order chi connectivity index (χ0) is 8.21. The van der Waals surface area contributed by atoms with E-state index in [0.29, 0.717) is 6.42 Å². The molecule has 1 aliphatic carbocycles. The molecule has 0 bridgehead atoms. The maximum absolute atomic E-state index is 5.88. The first kappa shape index (κ1) is 9.25. The lowest BCUT2D eigenvalue weighted by Crippen LogP contribution is -2.60. The molecule has 1 aliphatic rings. The van der Waals surface area contributed by atoms with Crippen LogP contribution in [0.1, 0.15) is 20.3 Å². The normalized spacial score (nSPS) is 33.0. The summed E-state index contributed by atoms with van der Waals surface area (Å²) in [4.78, 5) is 0. The molecule has 0 saturated heterocycles. The topological polar surface area (TPSA) is 0 Å². The summed E-state index contributed by atoms with van der Waals surface area (Å²) in [6.07, 6.45) is 0.430. The summed E-state index contributed by atoms with van der Waals surface area (Å²) >= 11 is 23.5. The molecule has 1 rings (SSSR count). The number of alkyl halides is 4. The van der Waals surface area contributed by atoms with Gasteiger partial charge in [-0.05, 0) is 0 Å². The second-order valence-electron chi connectivity index (χ2n) is 3.21. The van der Waals surface area contributed by atoms with Crippen LogP contribution >= 0.6 is 46.4 Å². The fourth-order valence-corrected chi connectivity index (χ4v) is 2.80. The molecule has 10 heavy (non-hydrogen) atoms. The van der Waals surface area contributed by atoms with Crippen molar-refractivity contribution in [2.75, 3.05) is 0 Å². The van der Waals surface area contributed by atoms with Crippen LogP contribution in [0.15, 0.2) is 0 Å². The lowest BCUT2D eigenvalue weighted by molar-refractivity contribution is 0.146. The van der Waals surface area contributed by atoms with Gasteiger partial charge in [-0.2, -0.15) is 0 Å². The summed E-state index contributed by atoms with van der Waals surface area (Å²) in [7, 11) is 0. The van der Waals surface area contributed by atoms with Crippen LogP contribution in [0.4, 0.5) is 0 Å². The van der Waals surface area contributed by atoms with Gasteiger partial charge in [0.1, 0.15) is 8.67 Å². The summed E-state index contributed by atoms with van der Waals surface area (Å²) in [5.74, 6) is 0.